The molecule has 29 heavy (non-hydrogen) atoms. The van der Waals surface area contributed by atoms with Gasteiger partial charge in [-0.25, -0.2) is 8.42 Å². The summed E-state index contributed by atoms with van der Waals surface area (Å²) in [5.41, 5.74) is 2.43. The number of hydrogen-bond donors (Lipinski definition) is 1. The molecule has 8 nitrogen and oxygen atoms in total. The number of aromatic nitrogens is 2. The molecule has 0 radical (unpaired) electrons. The summed E-state index contributed by atoms with van der Waals surface area (Å²) in [4.78, 5) is 11.7. The molecule has 1 saturated heterocycles. The fraction of sp³-hybridized carbons (Fsp3) is 0.450. The molecule has 5 rings (SSSR count). The third kappa shape index (κ3) is 3.72. The Labute approximate surface area is 169 Å². The molecule has 3 heterocycles. The number of fused-ring (bicyclic) bond motifs is 1. The average Bonchev–Trinajstić information content (AvgIpc) is 3.32. The van der Waals surface area contributed by atoms with Crippen molar-refractivity contribution in [3.63, 3.8) is 0 Å². The van der Waals surface area contributed by atoms with E-state index in [4.69, 9.17) is 4.74 Å². The number of carbonyl (C=O) groups is 1. The van der Waals surface area contributed by atoms with Crippen molar-refractivity contribution in [1.29, 1.82) is 0 Å². The van der Waals surface area contributed by atoms with E-state index in [1.807, 2.05) is 12.1 Å². The van der Waals surface area contributed by atoms with Crippen LogP contribution in [0.3, 0.4) is 0 Å². The number of nitrogens with one attached hydrogen (secondary N) is 1. The molecule has 0 spiro atoms. The topological polar surface area (TPSA) is 101 Å². The predicted molar refractivity (Wildman–Crippen MR) is 105 cm³/mol. The van der Waals surface area contributed by atoms with Crippen LogP contribution in [-0.2, 0) is 21.2 Å². The van der Waals surface area contributed by atoms with Crippen LogP contribution in [0.4, 0.5) is 5.69 Å². The van der Waals surface area contributed by atoms with Gasteiger partial charge in [-0.1, -0.05) is 0 Å². The molecule has 1 aromatic heterocycles. The van der Waals surface area contributed by atoms with E-state index in [1.165, 1.54) is 17.1 Å². The first-order valence-corrected chi connectivity index (χ1v) is 11.3. The number of rotatable bonds is 6. The normalized spacial score (nSPS) is 21.8. The van der Waals surface area contributed by atoms with Gasteiger partial charge >= 0.3 is 0 Å². The molecule has 1 atom stereocenters. The first-order chi connectivity index (χ1) is 14.0. The lowest BCUT2D eigenvalue weighted by atomic mass is 10.1. The highest BCUT2D eigenvalue weighted by Gasteiger charge is 2.34. The van der Waals surface area contributed by atoms with Gasteiger partial charge in [0.15, 0.2) is 0 Å². The predicted octanol–water partition coefficient (Wildman–Crippen LogP) is 1.94. The maximum Gasteiger partial charge on any atom is 0.243 e. The number of sulfonamides is 1. The molecule has 9 heteroatoms. The zero-order chi connectivity index (χ0) is 20.0. The highest BCUT2D eigenvalue weighted by Crippen LogP contribution is 2.38. The molecule has 1 saturated carbocycles. The standard InChI is InChI=1S/C20H22N4O4S/c25-19-10-15-9-16(3-4-17(15)21-19)29(26,27)24-8-7-13(11-24)12-28-20-6-5-18(22-23-20)14-1-2-14/h3-6,9,13-14H,1-2,7-8,10-12H2,(H,21,25). The molecule has 1 aromatic carbocycles. The summed E-state index contributed by atoms with van der Waals surface area (Å²) < 4.78 is 33.2. The summed E-state index contributed by atoms with van der Waals surface area (Å²) >= 11 is 0. The highest BCUT2D eigenvalue weighted by atomic mass is 32.2. The molecule has 152 valence electrons. The van der Waals surface area contributed by atoms with Crippen molar-refractivity contribution in [3.05, 3.63) is 41.6 Å². The zero-order valence-corrected chi connectivity index (χ0v) is 16.7. The molecule has 1 aliphatic carbocycles. The molecule has 2 aliphatic heterocycles. The van der Waals surface area contributed by atoms with Crippen molar-refractivity contribution >= 4 is 21.6 Å². The van der Waals surface area contributed by atoms with Crippen molar-refractivity contribution in [2.24, 2.45) is 5.92 Å². The van der Waals surface area contributed by atoms with E-state index in [2.05, 4.69) is 15.5 Å². The molecular formula is C20H22N4O4S. The fourth-order valence-corrected chi connectivity index (χ4v) is 5.46. The van der Waals surface area contributed by atoms with E-state index in [1.54, 1.807) is 18.2 Å². The maximum absolute atomic E-state index is 13.0. The third-order valence-corrected chi connectivity index (χ3v) is 7.57. The fourth-order valence-electron chi connectivity index (χ4n) is 3.87. The van der Waals surface area contributed by atoms with Gasteiger partial charge < -0.3 is 10.1 Å². The summed E-state index contributed by atoms with van der Waals surface area (Å²) in [6.45, 7) is 1.27. The van der Waals surface area contributed by atoms with Gasteiger partial charge in [0, 0.05) is 36.7 Å². The van der Waals surface area contributed by atoms with Crippen LogP contribution in [-0.4, -0.2) is 48.5 Å². The van der Waals surface area contributed by atoms with Crippen LogP contribution in [0.2, 0.25) is 0 Å². The Balaban J connectivity index is 1.21. The van der Waals surface area contributed by atoms with Crippen LogP contribution in [0.25, 0.3) is 0 Å². The van der Waals surface area contributed by atoms with Gasteiger partial charge in [-0.05, 0) is 49.1 Å². The monoisotopic (exact) mass is 414 g/mol. The van der Waals surface area contributed by atoms with Crippen molar-refractivity contribution in [1.82, 2.24) is 14.5 Å². The molecule has 2 aromatic rings. The number of amides is 1. The smallest absolute Gasteiger partial charge is 0.243 e. The lowest BCUT2D eigenvalue weighted by Gasteiger charge is -2.17. The van der Waals surface area contributed by atoms with Crippen LogP contribution in [0.5, 0.6) is 5.88 Å². The summed E-state index contributed by atoms with van der Waals surface area (Å²) in [5.74, 6) is 1.03. The molecule has 2 fully saturated rings. The molecule has 3 aliphatic rings. The lowest BCUT2D eigenvalue weighted by molar-refractivity contribution is -0.115. The molecule has 1 amide bonds. The van der Waals surface area contributed by atoms with E-state index in [9.17, 15) is 13.2 Å². The second-order valence-electron chi connectivity index (χ2n) is 7.94. The summed E-state index contributed by atoms with van der Waals surface area (Å²) in [6.07, 6.45) is 3.31. The summed E-state index contributed by atoms with van der Waals surface area (Å²) in [7, 11) is -3.59. The van der Waals surface area contributed by atoms with E-state index >= 15 is 0 Å². The maximum atomic E-state index is 13.0. The minimum Gasteiger partial charge on any atom is -0.476 e. The highest BCUT2D eigenvalue weighted by molar-refractivity contribution is 7.89. The van der Waals surface area contributed by atoms with Gasteiger partial charge in [0.2, 0.25) is 21.8 Å². The van der Waals surface area contributed by atoms with Gasteiger partial charge in [-0.3, -0.25) is 4.79 Å². The average molecular weight is 414 g/mol. The SMILES string of the molecule is O=C1Cc2cc(S(=O)(=O)N3CCC(COc4ccc(C5CC5)nn4)C3)ccc2N1. The van der Waals surface area contributed by atoms with E-state index < -0.39 is 10.0 Å². The van der Waals surface area contributed by atoms with Crippen LogP contribution in [0.15, 0.2) is 35.2 Å². The zero-order valence-electron chi connectivity index (χ0n) is 15.9. The minimum absolute atomic E-state index is 0.104. The molecule has 1 unspecified atom stereocenters. The summed E-state index contributed by atoms with van der Waals surface area (Å²) in [6, 6.07) is 8.61. The van der Waals surface area contributed by atoms with Crippen LogP contribution in [0.1, 0.15) is 36.4 Å². The number of hydrogen-bond acceptors (Lipinski definition) is 6. The lowest BCUT2D eigenvalue weighted by Crippen LogP contribution is -2.29. The first-order valence-electron chi connectivity index (χ1n) is 9.88. The third-order valence-electron chi connectivity index (χ3n) is 5.71. The second kappa shape index (κ2) is 7.07. The number of anilines is 1. The quantitative estimate of drug-likeness (QED) is 0.775. The van der Waals surface area contributed by atoms with Crippen molar-refractivity contribution in [3.8, 4) is 5.88 Å². The largest absolute Gasteiger partial charge is 0.476 e. The Morgan fingerprint density at radius 2 is 2.00 bits per heavy atom. The van der Waals surface area contributed by atoms with Crippen LogP contribution < -0.4 is 10.1 Å². The van der Waals surface area contributed by atoms with Crippen molar-refractivity contribution < 1.29 is 17.9 Å². The van der Waals surface area contributed by atoms with Gasteiger partial charge in [0.05, 0.1) is 23.6 Å². The van der Waals surface area contributed by atoms with E-state index in [-0.39, 0.29) is 23.1 Å². The number of nitrogens with zero attached hydrogens (tertiary/aromatic N) is 3. The van der Waals surface area contributed by atoms with Gasteiger partial charge in [-0.15, -0.1) is 5.10 Å². The van der Waals surface area contributed by atoms with Gasteiger partial charge in [-0.2, -0.15) is 9.40 Å². The Bertz CT molecular complexity index is 1050. The second-order valence-corrected chi connectivity index (χ2v) is 9.88. The summed E-state index contributed by atoms with van der Waals surface area (Å²) in [5, 5.41) is 11.0. The molecule has 1 N–H and O–H groups in total. The van der Waals surface area contributed by atoms with Crippen molar-refractivity contribution in [2.45, 2.75) is 36.5 Å². The minimum atomic E-state index is -3.59. The van der Waals surface area contributed by atoms with Crippen LogP contribution in [0, 0.1) is 5.92 Å². The van der Waals surface area contributed by atoms with E-state index in [0.717, 1.165) is 17.7 Å². The Hall–Kier alpha value is -2.52. The Morgan fingerprint density at radius 3 is 2.76 bits per heavy atom. The molecule has 0 bridgehead atoms. The van der Waals surface area contributed by atoms with Crippen molar-refractivity contribution in [2.75, 3.05) is 25.0 Å². The van der Waals surface area contributed by atoms with Gasteiger partial charge in [0.25, 0.3) is 0 Å². The van der Waals surface area contributed by atoms with Gasteiger partial charge in [0.1, 0.15) is 0 Å². The molecular weight excluding hydrogens is 392 g/mol. The van der Waals surface area contributed by atoms with Crippen LogP contribution >= 0.6 is 0 Å². The Morgan fingerprint density at radius 1 is 1.14 bits per heavy atom. The number of benzene rings is 1. The number of ether oxygens (including phenoxy) is 1. The Kier molecular flexibility index (Phi) is 4.51. The van der Waals surface area contributed by atoms with E-state index in [0.29, 0.717) is 37.2 Å². The first kappa shape index (κ1) is 18.5. The number of carbonyl (C=O) groups excluding carboxylic acids is 1.